The SMILES string of the molecule is COc1ccc2c(c1)CCC[C@@H]2CC(=O)N1C[C@H](C(N)=O)CC[C@@H]1C. The fourth-order valence-electron chi connectivity index (χ4n) is 4.25. The number of carbonyl (C=O) groups is 2. The molecule has 5 nitrogen and oxygen atoms in total. The molecular formula is C20H28N2O3. The van der Waals surface area contributed by atoms with Gasteiger partial charge in [0.2, 0.25) is 11.8 Å². The molecule has 136 valence electrons. The third-order valence-corrected chi connectivity index (χ3v) is 5.81. The molecule has 1 fully saturated rings. The van der Waals surface area contributed by atoms with Gasteiger partial charge in [-0.05, 0) is 68.2 Å². The Labute approximate surface area is 149 Å². The predicted octanol–water partition coefficient (Wildman–Crippen LogP) is 2.62. The summed E-state index contributed by atoms with van der Waals surface area (Å²) in [6, 6.07) is 6.37. The van der Waals surface area contributed by atoms with Crippen LogP contribution in [0.1, 0.15) is 56.1 Å². The second-order valence-corrected chi connectivity index (χ2v) is 7.43. The van der Waals surface area contributed by atoms with Gasteiger partial charge in [-0.3, -0.25) is 9.59 Å². The van der Waals surface area contributed by atoms with E-state index in [4.69, 9.17) is 10.5 Å². The summed E-state index contributed by atoms with van der Waals surface area (Å²) in [5.74, 6) is 0.776. The van der Waals surface area contributed by atoms with Crippen molar-refractivity contribution in [3.8, 4) is 5.75 Å². The van der Waals surface area contributed by atoms with Gasteiger partial charge in [0.05, 0.1) is 13.0 Å². The van der Waals surface area contributed by atoms with E-state index in [1.165, 1.54) is 11.1 Å². The number of fused-ring (bicyclic) bond motifs is 1. The van der Waals surface area contributed by atoms with Gasteiger partial charge in [-0.15, -0.1) is 0 Å². The number of methoxy groups -OCH3 is 1. The molecule has 2 amide bonds. The average Bonchev–Trinajstić information content (AvgIpc) is 2.61. The Balaban J connectivity index is 1.72. The second-order valence-electron chi connectivity index (χ2n) is 7.43. The van der Waals surface area contributed by atoms with Crippen LogP contribution in [0.4, 0.5) is 0 Å². The van der Waals surface area contributed by atoms with Gasteiger partial charge in [-0.25, -0.2) is 0 Å². The lowest BCUT2D eigenvalue weighted by Crippen LogP contribution is -2.48. The van der Waals surface area contributed by atoms with Crippen molar-refractivity contribution in [1.82, 2.24) is 4.90 Å². The molecule has 25 heavy (non-hydrogen) atoms. The zero-order valence-electron chi connectivity index (χ0n) is 15.2. The molecule has 1 aliphatic carbocycles. The van der Waals surface area contributed by atoms with Crippen molar-refractivity contribution in [2.75, 3.05) is 13.7 Å². The van der Waals surface area contributed by atoms with Gasteiger partial charge in [0.25, 0.3) is 0 Å². The largest absolute Gasteiger partial charge is 0.497 e. The molecule has 1 aromatic rings. The number of primary amides is 1. The molecule has 3 rings (SSSR count). The average molecular weight is 344 g/mol. The van der Waals surface area contributed by atoms with E-state index >= 15 is 0 Å². The van der Waals surface area contributed by atoms with E-state index in [0.29, 0.717) is 13.0 Å². The number of hydrogen-bond acceptors (Lipinski definition) is 3. The van der Waals surface area contributed by atoms with Crippen LogP contribution in [-0.2, 0) is 16.0 Å². The van der Waals surface area contributed by atoms with Gasteiger partial charge in [-0.2, -0.15) is 0 Å². The molecule has 0 radical (unpaired) electrons. The van der Waals surface area contributed by atoms with Crippen LogP contribution in [0.5, 0.6) is 5.75 Å². The minimum atomic E-state index is -0.292. The molecule has 2 N–H and O–H groups in total. The van der Waals surface area contributed by atoms with Gasteiger partial charge in [-0.1, -0.05) is 6.07 Å². The van der Waals surface area contributed by atoms with E-state index < -0.39 is 0 Å². The fourth-order valence-corrected chi connectivity index (χ4v) is 4.25. The number of carbonyl (C=O) groups excluding carboxylic acids is 2. The number of benzene rings is 1. The lowest BCUT2D eigenvalue weighted by atomic mass is 9.80. The van der Waals surface area contributed by atoms with Crippen LogP contribution >= 0.6 is 0 Å². The molecule has 0 spiro atoms. The van der Waals surface area contributed by atoms with Crippen LogP contribution in [0, 0.1) is 5.92 Å². The zero-order valence-corrected chi connectivity index (χ0v) is 15.2. The van der Waals surface area contributed by atoms with Crippen LogP contribution < -0.4 is 10.5 Å². The van der Waals surface area contributed by atoms with Gasteiger partial charge in [0.15, 0.2) is 0 Å². The Morgan fingerprint density at radius 3 is 2.80 bits per heavy atom. The maximum atomic E-state index is 12.9. The summed E-state index contributed by atoms with van der Waals surface area (Å²) in [7, 11) is 1.68. The Morgan fingerprint density at radius 2 is 2.08 bits per heavy atom. The van der Waals surface area contributed by atoms with Crippen molar-refractivity contribution >= 4 is 11.8 Å². The molecule has 1 heterocycles. The quantitative estimate of drug-likeness (QED) is 0.912. The minimum absolute atomic E-state index is 0.145. The first kappa shape index (κ1) is 17.8. The van der Waals surface area contributed by atoms with Crippen molar-refractivity contribution in [3.05, 3.63) is 29.3 Å². The monoisotopic (exact) mass is 344 g/mol. The van der Waals surface area contributed by atoms with E-state index in [-0.39, 0.29) is 29.7 Å². The Hall–Kier alpha value is -2.04. The van der Waals surface area contributed by atoms with E-state index in [1.807, 2.05) is 11.0 Å². The number of aryl methyl sites for hydroxylation is 1. The second kappa shape index (κ2) is 7.46. The summed E-state index contributed by atoms with van der Waals surface area (Å²) < 4.78 is 5.32. The molecule has 0 bridgehead atoms. The Morgan fingerprint density at radius 1 is 1.28 bits per heavy atom. The first-order valence-electron chi connectivity index (χ1n) is 9.25. The highest BCUT2D eigenvalue weighted by molar-refractivity contribution is 5.81. The first-order chi connectivity index (χ1) is 12.0. The number of rotatable bonds is 4. The van der Waals surface area contributed by atoms with Gasteiger partial charge in [0.1, 0.15) is 5.75 Å². The topological polar surface area (TPSA) is 72.6 Å². The van der Waals surface area contributed by atoms with Gasteiger partial charge >= 0.3 is 0 Å². The molecular weight excluding hydrogens is 316 g/mol. The number of likely N-dealkylation sites (tertiary alicyclic amines) is 1. The summed E-state index contributed by atoms with van der Waals surface area (Å²) in [5.41, 5.74) is 8.03. The standard InChI is InChI=1S/C20H28N2O3/c1-13-6-7-16(20(21)24)12-22(13)19(23)11-15-5-3-4-14-10-17(25-2)8-9-18(14)15/h8-10,13,15-16H,3-7,11-12H2,1-2H3,(H2,21,24)/t13-,15+,16+/m0/s1. The van der Waals surface area contributed by atoms with Crippen LogP contribution in [-0.4, -0.2) is 36.4 Å². The maximum Gasteiger partial charge on any atom is 0.223 e. The Kier molecular flexibility index (Phi) is 5.30. The summed E-state index contributed by atoms with van der Waals surface area (Å²) in [5, 5.41) is 0. The van der Waals surface area contributed by atoms with E-state index in [2.05, 4.69) is 19.1 Å². The third kappa shape index (κ3) is 3.80. The number of ether oxygens (including phenoxy) is 1. The summed E-state index contributed by atoms with van der Waals surface area (Å²) in [4.78, 5) is 26.3. The molecule has 5 heteroatoms. The summed E-state index contributed by atoms with van der Waals surface area (Å²) in [6.07, 6.45) is 5.31. The summed E-state index contributed by atoms with van der Waals surface area (Å²) in [6.45, 7) is 2.53. The highest BCUT2D eigenvalue weighted by Crippen LogP contribution is 2.36. The number of hydrogen-bond donors (Lipinski definition) is 1. The molecule has 0 aromatic heterocycles. The smallest absolute Gasteiger partial charge is 0.223 e. The highest BCUT2D eigenvalue weighted by atomic mass is 16.5. The lowest BCUT2D eigenvalue weighted by molar-refractivity contribution is -0.138. The maximum absolute atomic E-state index is 12.9. The molecule has 0 unspecified atom stereocenters. The third-order valence-electron chi connectivity index (χ3n) is 5.81. The van der Waals surface area contributed by atoms with Gasteiger partial charge < -0.3 is 15.4 Å². The molecule has 2 aliphatic rings. The van der Waals surface area contributed by atoms with E-state index in [9.17, 15) is 9.59 Å². The van der Waals surface area contributed by atoms with Crippen molar-refractivity contribution in [1.29, 1.82) is 0 Å². The van der Waals surface area contributed by atoms with Crippen molar-refractivity contribution in [2.45, 2.75) is 57.4 Å². The normalized spacial score (nSPS) is 26.0. The molecule has 1 aromatic carbocycles. The van der Waals surface area contributed by atoms with Crippen molar-refractivity contribution < 1.29 is 14.3 Å². The molecule has 3 atom stereocenters. The molecule has 0 saturated carbocycles. The molecule has 1 saturated heterocycles. The highest BCUT2D eigenvalue weighted by Gasteiger charge is 2.33. The fraction of sp³-hybridized carbons (Fsp3) is 0.600. The molecule has 1 aliphatic heterocycles. The van der Waals surface area contributed by atoms with E-state index in [1.54, 1.807) is 7.11 Å². The lowest BCUT2D eigenvalue weighted by Gasteiger charge is -2.38. The number of nitrogens with zero attached hydrogens (tertiary/aromatic N) is 1. The minimum Gasteiger partial charge on any atom is -0.497 e. The van der Waals surface area contributed by atoms with Crippen LogP contribution in [0.3, 0.4) is 0 Å². The number of nitrogens with two attached hydrogens (primary N) is 1. The van der Waals surface area contributed by atoms with Crippen molar-refractivity contribution in [2.24, 2.45) is 11.7 Å². The number of piperidine rings is 1. The van der Waals surface area contributed by atoms with Crippen LogP contribution in [0.2, 0.25) is 0 Å². The van der Waals surface area contributed by atoms with E-state index in [0.717, 1.165) is 37.9 Å². The number of amides is 2. The van der Waals surface area contributed by atoms with Crippen LogP contribution in [0.15, 0.2) is 18.2 Å². The van der Waals surface area contributed by atoms with Crippen molar-refractivity contribution in [3.63, 3.8) is 0 Å². The first-order valence-corrected chi connectivity index (χ1v) is 9.25. The Bertz CT molecular complexity index is 658. The van der Waals surface area contributed by atoms with Crippen LogP contribution in [0.25, 0.3) is 0 Å². The summed E-state index contributed by atoms with van der Waals surface area (Å²) >= 11 is 0. The predicted molar refractivity (Wildman–Crippen MR) is 96.4 cm³/mol. The zero-order chi connectivity index (χ0) is 18.0. The van der Waals surface area contributed by atoms with Gasteiger partial charge in [0, 0.05) is 19.0 Å².